The molecule has 0 unspecified atom stereocenters. The van der Waals surface area contributed by atoms with Gasteiger partial charge in [0.2, 0.25) is 0 Å². The molecule has 0 bridgehead atoms. The summed E-state index contributed by atoms with van der Waals surface area (Å²) < 4.78 is 15.6. The topological polar surface area (TPSA) is 73.9 Å². The Labute approximate surface area is 163 Å². The van der Waals surface area contributed by atoms with Crippen molar-refractivity contribution in [1.82, 2.24) is 5.32 Å². The maximum atomic E-state index is 12.1. The van der Waals surface area contributed by atoms with Crippen LogP contribution in [0.15, 0.2) is 42.5 Å². The molecule has 2 rings (SSSR count). The maximum Gasteiger partial charge on any atom is 0.338 e. The second-order valence-corrected chi connectivity index (χ2v) is 6.04. The van der Waals surface area contributed by atoms with Crippen molar-refractivity contribution in [2.45, 2.75) is 13.3 Å². The van der Waals surface area contributed by atoms with Gasteiger partial charge in [0.15, 0.2) is 18.1 Å². The van der Waals surface area contributed by atoms with Gasteiger partial charge in [-0.25, -0.2) is 4.79 Å². The van der Waals surface area contributed by atoms with Crippen LogP contribution in [-0.4, -0.2) is 38.7 Å². The van der Waals surface area contributed by atoms with Crippen molar-refractivity contribution < 1.29 is 23.8 Å². The van der Waals surface area contributed by atoms with E-state index < -0.39 is 5.97 Å². The number of hydrogen-bond donors (Lipinski definition) is 1. The number of nitrogens with one attached hydrogen (secondary N) is 1. The Kier molecular flexibility index (Phi) is 7.95. The Balaban J connectivity index is 1.80. The number of benzene rings is 2. The van der Waals surface area contributed by atoms with E-state index in [1.165, 1.54) is 13.2 Å². The third kappa shape index (κ3) is 6.49. The second kappa shape index (κ2) is 10.4. The molecule has 0 saturated carbocycles. The van der Waals surface area contributed by atoms with Crippen LogP contribution in [0.2, 0.25) is 5.02 Å². The van der Waals surface area contributed by atoms with E-state index >= 15 is 0 Å². The molecule has 1 amide bonds. The summed E-state index contributed by atoms with van der Waals surface area (Å²) in [6, 6.07) is 12.1. The Bertz CT molecular complexity index is 794. The Morgan fingerprint density at radius 2 is 1.93 bits per heavy atom. The molecule has 0 aliphatic rings. The lowest BCUT2D eigenvalue weighted by atomic mass is 10.1. The predicted molar refractivity (Wildman–Crippen MR) is 103 cm³/mol. The highest BCUT2D eigenvalue weighted by Gasteiger charge is 2.14. The normalized spacial score (nSPS) is 10.2. The number of ether oxygens (including phenoxy) is 3. The minimum atomic E-state index is -0.608. The molecule has 1 N–H and O–H groups in total. The highest BCUT2D eigenvalue weighted by molar-refractivity contribution is 6.30. The molecule has 0 aliphatic carbocycles. The van der Waals surface area contributed by atoms with Gasteiger partial charge in [-0.1, -0.05) is 23.7 Å². The van der Waals surface area contributed by atoms with Crippen molar-refractivity contribution in [2.24, 2.45) is 0 Å². The van der Waals surface area contributed by atoms with Crippen LogP contribution in [0.4, 0.5) is 0 Å². The van der Waals surface area contributed by atoms with Crippen LogP contribution in [0.5, 0.6) is 11.5 Å². The van der Waals surface area contributed by atoms with E-state index in [1.807, 2.05) is 25.1 Å². The van der Waals surface area contributed by atoms with E-state index in [4.69, 9.17) is 25.8 Å². The van der Waals surface area contributed by atoms with Crippen LogP contribution in [0.1, 0.15) is 22.8 Å². The van der Waals surface area contributed by atoms with Crippen LogP contribution in [-0.2, 0) is 16.0 Å². The number of carbonyl (C=O) groups is 2. The van der Waals surface area contributed by atoms with Crippen LogP contribution in [0.25, 0.3) is 0 Å². The first-order valence-electron chi connectivity index (χ1n) is 8.52. The highest BCUT2D eigenvalue weighted by Crippen LogP contribution is 2.28. The van der Waals surface area contributed by atoms with Crippen LogP contribution < -0.4 is 14.8 Å². The second-order valence-electron chi connectivity index (χ2n) is 5.60. The van der Waals surface area contributed by atoms with Gasteiger partial charge in [-0.3, -0.25) is 4.79 Å². The van der Waals surface area contributed by atoms with Gasteiger partial charge in [0, 0.05) is 11.6 Å². The number of hydrogen-bond acceptors (Lipinski definition) is 5. The molecule has 0 aliphatic heterocycles. The van der Waals surface area contributed by atoms with Gasteiger partial charge in [-0.05, 0) is 49.2 Å². The van der Waals surface area contributed by atoms with Crippen molar-refractivity contribution in [3.63, 3.8) is 0 Å². The summed E-state index contributed by atoms with van der Waals surface area (Å²) in [6.45, 7) is 2.33. The first-order valence-corrected chi connectivity index (χ1v) is 8.90. The zero-order valence-corrected chi connectivity index (χ0v) is 16.0. The van der Waals surface area contributed by atoms with Crippen molar-refractivity contribution in [2.75, 3.05) is 26.9 Å². The molecule has 0 radical (unpaired) electrons. The van der Waals surface area contributed by atoms with E-state index in [1.54, 1.807) is 18.2 Å². The van der Waals surface area contributed by atoms with Gasteiger partial charge >= 0.3 is 5.97 Å². The summed E-state index contributed by atoms with van der Waals surface area (Å²) in [6.07, 6.45) is 0.635. The van der Waals surface area contributed by atoms with E-state index in [0.717, 1.165) is 5.56 Å². The van der Waals surface area contributed by atoms with Crippen LogP contribution in [0.3, 0.4) is 0 Å². The third-order valence-electron chi connectivity index (χ3n) is 3.66. The Morgan fingerprint density at radius 3 is 2.63 bits per heavy atom. The summed E-state index contributed by atoms with van der Waals surface area (Å²) in [5, 5.41) is 3.35. The monoisotopic (exact) mass is 391 g/mol. The molecule has 0 atom stereocenters. The standard InChI is InChI=1S/C20H22ClNO5/c1-3-26-18-12-15(7-8-17(18)25-2)20(24)27-13-19(23)22-10-9-14-5-4-6-16(21)11-14/h4-8,11-12H,3,9-10,13H2,1-2H3,(H,22,23). The summed E-state index contributed by atoms with van der Waals surface area (Å²) in [4.78, 5) is 24.0. The smallest absolute Gasteiger partial charge is 0.338 e. The highest BCUT2D eigenvalue weighted by atomic mass is 35.5. The molecule has 7 heteroatoms. The molecule has 2 aromatic rings. The number of amides is 1. The zero-order chi connectivity index (χ0) is 19.6. The van der Waals surface area contributed by atoms with Crippen molar-refractivity contribution >= 4 is 23.5 Å². The average molecular weight is 392 g/mol. The van der Waals surface area contributed by atoms with Crippen LogP contribution in [0, 0.1) is 0 Å². The van der Waals surface area contributed by atoms with E-state index in [-0.39, 0.29) is 18.1 Å². The summed E-state index contributed by atoms with van der Waals surface area (Å²) >= 11 is 5.92. The van der Waals surface area contributed by atoms with Gasteiger partial charge in [0.25, 0.3) is 5.91 Å². The molecule has 27 heavy (non-hydrogen) atoms. The number of halogens is 1. The Morgan fingerprint density at radius 1 is 1.11 bits per heavy atom. The van der Waals surface area contributed by atoms with Crippen molar-refractivity contribution in [1.29, 1.82) is 0 Å². The SMILES string of the molecule is CCOc1cc(C(=O)OCC(=O)NCCc2cccc(Cl)c2)ccc1OC. The van der Waals surface area contributed by atoms with Crippen LogP contribution >= 0.6 is 11.6 Å². The molecule has 2 aromatic carbocycles. The fourth-order valence-electron chi connectivity index (χ4n) is 2.38. The lowest BCUT2D eigenvalue weighted by Gasteiger charge is -2.11. The number of carbonyl (C=O) groups excluding carboxylic acids is 2. The van der Waals surface area contributed by atoms with Gasteiger partial charge in [0.1, 0.15) is 0 Å². The molecule has 0 saturated heterocycles. The maximum absolute atomic E-state index is 12.1. The molecule has 6 nitrogen and oxygen atoms in total. The van der Waals surface area contributed by atoms with Crippen molar-refractivity contribution in [3.05, 3.63) is 58.6 Å². The van der Waals surface area contributed by atoms with Gasteiger partial charge in [-0.2, -0.15) is 0 Å². The van der Waals surface area contributed by atoms with E-state index in [0.29, 0.717) is 36.1 Å². The van der Waals surface area contributed by atoms with Crippen molar-refractivity contribution in [3.8, 4) is 11.5 Å². The molecular formula is C20H22ClNO5. The summed E-state index contributed by atoms with van der Waals surface area (Å²) in [7, 11) is 1.52. The van der Waals surface area contributed by atoms with Gasteiger partial charge in [0.05, 0.1) is 19.3 Å². The molecule has 0 heterocycles. The number of methoxy groups -OCH3 is 1. The lowest BCUT2D eigenvalue weighted by Crippen LogP contribution is -2.30. The zero-order valence-electron chi connectivity index (χ0n) is 15.3. The fourth-order valence-corrected chi connectivity index (χ4v) is 2.59. The number of esters is 1. The molecular weight excluding hydrogens is 370 g/mol. The van der Waals surface area contributed by atoms with E-state index in [2.05, 4.69) is 5.32 Å². The molecule has 0 aromatic heterocycles. The minimum Gasteiger partial charge on any atom is -0.493 e. The van der Waals surface area contributed by atoms with E-state index in [9.17, 15) is 9.59 Å². The fraction of sp³-hybridized carbons (Fsp3) is 0.300. The Hall–Kier alpha value is -2.73. The summed E-state index contributed by atoms with van der Waals surface area (Å²) in [5.74, 6) is -0.0138. The third-order valence-corrected chi connectivity index (χ3v) is 3.89. The first kappa shape index (κ1) is 20.6. The number of rotatable bonds is 9. The van der Waals surface area contributed by atoms with Gasteiger partial charge < -0.3 is 19.5 Å². The minimum absolute atomic E-state index is 0.283. The first-order chi connectivity index (χ1) is 13.0. The molecule has 144 valence electrons. The predicted octanol–water partition coefficient (Wildman–Crippen LogP) is 3.26. The van der Waals surface area contributed by atoms with Gasteiger partial charge in [-0.15, -0.1) is 0 Å². The molecule has 0 spiro atoms. The summed E-state index contributed by atoms with van der Waals surface area (Å²) in [5.41, 5.74) is 1.30. The quantitative estimate of drug-likeness (QED) is 0.664. The largest absolute Gasteiger partial charge is 0.493 e. The lowest BCUT2D eigenvalue weighted by molar-refractivity contribution is -0.124. The average Bonchev–Trinajstić information content (AvgIpc) is 2.66. The molecule has 0 fully saturated rings.